The second kappa shape index (κ2) is 4.82. The second-order valence-electron chi connectivity index (χ2n) is 5.39. The molecule has 2 saturated heterocycles. The van der Waals surface area contributed by atoms with Gasteiger partial charge in [-0.3, -0.25) is 4.90 Å². The Kier molecular flexibility index (Phi) is 3.58. The molecule has 2 fully saturated rings. The highest BCUT2D eigenvalue weighted by atomic mass is 16.5. The fourth-order valence-electron chi connectivity index (χ4n) is 2.79. The van der Waals surface area contributed by atoms with Crippen LogP contribution < -0.4 is 0 Å². The predicted octanol–water partition coefficient (Wildman–Crippen LogP) is 0.461. The standard InChI is InChI=1S/C12H23N3O2/c1-9(2)15-5-6-17-11-8-14(7-10(11)15)12(16)13(3)4/h9-11H,5-8H2,1-4H3. The van der Waals surface area contributed by atoms with Crippen LogP contribution in [0.5, 0.6) is 0 Å². The van der Waals surface area contributed by atoms with Gasteiger partial charge in [-0.15, -0.1) is 0 Å². The summed E-state index contributed by atoms with van der Waals surface area (Å²) < 4.78 is 5.79. The number of likely N-dealkylation sites (tertiary alicyclic amines) is 1. The van der Waals surface area contributed by atoms with Gasteiger partial charge >= 0.3 is 6.03 Å². The van der Waals surface area contributed by atoms with E-state index in [1.54, 1.807) is 19.0 Å². The normalized spacial score (nSPS) is 29.6. The molecule has 2 heterocycles. The van der Waals surface area contributed by atoms with E-state index >= 15 is 0 Å². The minimum atomic E-state index is 0.0895. The number of rotatable bonds is 1. The number of urea groups is 1. The number of fused-ring (bicyclic) bond motifs is 1. The van der Waals surface area contributed by atoms with Crippen LogP contribution in [-0.4, -0.2) is 79.3 Å². The SMILES string of the molecule is CC(C)N1CCOC2CN(C(=O)N(C)C)CC21. The molecule has 5 heteroatoms. The zero-order valence-electron chi connectivity index (χ0n) is 11.2. The third kappa shape index (κ3) is 2.40. The molecule has 17 heavy (non-hydrogen) atoms. The van der Waals surface area contributed by atoms with E-state index in [1.165, 1.54) is 0 Å². The lowest BCUT2D eigenvalue weighted by Crippen LogP contribution is -2.53. The van der Waals surface area contributed by atoms with Crippen molar-refractivity contribution in [3.63, 3.8) is 0 Å². The predicted molar refractivity (Wildman–Crippen MR) is 66.0 cm³/mol. The van der Waals surface area contributed by atoms with Crippen molar-refractivity contribution in [3.8, 4) is 0 Å². The lowest BCUT2D eigenvalue weighted by atomic mass is 10.1. The van der Waals surface area contributed by atoms with Crippen molar-refractivity contribution in [1.29, 1.82) is 0 Å². The summed E-state index contributed by atoms with van der Waals surface area (Å²) in [7, 11) is 3.59. The van der Waals surface area contributed by atoms with Crippen molar-refractivity contribution in [2.45, 2.75) is 32.0 Å². The maximum absolute atomic E-state index is 11.9. The van der Waals surface area contributed by atoms with Gasteiger partial charge in [0.25, 0.3) is 0 Å². The molecule has 2 aliphatic heterocycles. The van der Waals surface area contributed by atoms with E-state index in [0.29, 0.717) is 12.1 Å². The van der Waals surface area contributed by atoms with Crippen LogP contribution in [0.15, 0.2) is 0 Å². The lowest BCUT2D eigenvalue weighted by molar-refractivity contribution is -0.0582. The molecule has 0 spiro atoms. The van der Waals surface area contributed by atoms with E-state index in [1.807, 2.05) is 4.90 Å². The number of nitrogens with zero attached hydrogens (tertiary/aromatic N) is 3. The quantitative estimate of drug-likeness (QED) is 0.669. The Hall–Kier alpha value is -0.810. The van der Waals surface area contributed by atoms with E-state index in [9.17, 15) is 4.79 Å². The summed E-state index contributed by atoms with van der Waals surface area (Å²) in [6, 6.07) is 0.972. The minimum Gasteiger partial charge on any atom is -0.373 e. The summed E-state index contributed by atoms with van der Waals surface area (Å²) in [4.78, 5) is 17.9. The second-order valence-corrected chi connectivity index (χ2v) is 5.39. The molecule has 98 valence electrons. The number of carbonyl (C=O) groups excluding carboxylic acids is 1. The lowest BCUT2D eigenvalue weighted by Gasteiger charge is -2.39. The largest absolute Gasteiger partial charge is 0.373 e. The number of morpholine rings is 1. The molecule has 2 atom stereocenters. The molecule has 0 saturated carbocycles. The van der Waals surface area contributed by atoms with Crippen molar-refractivity contribution < 1.29 is 9.53 Å². The summed E-state index contributed by atoms with van der Waals surface area (Å²) in [5.74, 6) is 0. The highest BCUT2D eigenvalue weighted by molar-refractivity contribution is 5.74. The van der Waals surface area contributed by atoms with Crippen LogP contribution in [0.1, 0.15) is 13.8 Å². The van der Waals surface area contributed by atoms with Crippen molar-refractivity contribution in [2.75, 3.05) is 40.3 Å². The number of ether oxygens (including phenoxy) is 1. The molecule has 0 aromatic rings. The molecular weight excluding hydrogens is 218 g/mol. The molecule has 2 aliphatic rings. The average Bonchev–Trinajstić information content (AvgIpc) is 2.70. The van der Waals surface area contributed by atoms with Gasteiger partial charge in [0.15, 0.2) is 0 Å². The van der Waals surface area contributed by atoms with E-state index in [4.69, 9.17) is 4.74 Å². The first-order valence-corrected chi connectivity index (χ1v) is 6.34. The Morgan fingerprint density at radius 2 is 2.06 bits per heavy atom. The van der Waals surface area contributed by atoms with Crippen molar-refractivity contribution in [1.82, 2.24) is 14.7 Å². The smallest absolute Gasteiger partial charge is 0.319 e. The molecule has 5 nitrogen and oxygen atoms in total. The number of hydrogen-bond acceptors (Lipinski definition) is 3. The fraction of sp³-hybridized carbons (Fsp3) is 0.917. The zero-order valence-corrected chi connectivity index (χ0v) is 11.2. The third-order valence-electron chi connectivity index (χ3n) is 3.66. The zero-order chi connectivity index (χ0) is 12.6. The van der Waals surface area contributed by atoms with Crippen molar-refractivity contribution in [2.24, 2.45) is 0 Å². The summed E-state index contributed by atoms with van der Waals surface area (Å²) in [6.45, 7) is 7.69. The Balaban J connectivity index is 2.05. The fourth-order valence-corrected chi connectivity index (χ4v) is 2.79. The summed E-state index contributed by atoms with van der Waals surface area (Å²) in [5.41, 5.74) is 0. The summed E-state index contributed by atoms with van der Waals surface area (Å²) in [6.07, 6.45) is 0.190. The molecular formula is C12H23N3O2. The molecule has 2 unspecified atom stereocenters. The van der Waals surface area contributed by atoms with Gasteiger partial charge < -0.3 is 14.5 Å². The van der Waals surface area contributed by atoms with E-state index in [2.05, 4.69) is 18.7 Å². The van der Waals surface area contributed by atoms with Gasteiger partial charge in [-0.1, -0.05) is 0 Å². The first-order valence-electron chi connectivity index (χ1n) is 6.34. The van der Waals surface area contributed by atoms with Gasteiger partial charge in [0, 0.05) is 33.2 Å². The summed E-state index contributed by atoms with van der Waals surface area (Å²) >= 11 is 0. The molecule has 0 radical (unpaired) electrons. The van der Waals surface area contributed by atoms with Gasteiger partial charge in [0.05, 0.1) is 25.3 Å². The molecule has 0 aromatic carbocycles. The molecule has 0 bridgehead atoms. The number of amides is 2. The highest BCUT2D eigenvalue weighted by Crippen LogP contribution is 2.24. The van der Waals surface area contributed by atoms with Crippen LogP contribution in [0.3, 0.4) is 0 Å². The highest BCUT2D eigenvalue weighted by Gasteiger charge is 2.42. The van der Waals surface area contributed by atoms with Crippen LogP contribution in [0.4, 0.5) is 4.79 Å². The van der Waals surface area contributed by atoms with Gasteiger partial charge in [0.1, 0.15) is 0 Å². The molecule has 0 aromatic heterocycles. The molecule has 0 aliphatic carbocycles. The van der Waals surface area contributed by atoms with Crippen LogP contribution in [-0.2, 0) is 4.74 Å². The van der Waals surface area contributed by atoms with Crippen molar-refractivity contribution in [3.05, 3.63) is 0 Å². The van der Waals surface area contributed by atoms with Gasteiger partial charge in [-0.25, -0.2) is 4.79 Å². The van der Waals surface area contributed by atoms with Gasteiger partial charge in [-0.2, -0.15) is 0 Å². The first kappa shape index (κ1) is 12.6. The first-order chi connectivity index (χ1) is 8.00. The van der Waals surface area contributed by atoms with Crippen LogP contribution in [0, 0.1) is 0 Å². The van der Waals surface area contributed by atoms with Crippen LogP contribution in [0.25, 0.3) is 0 Å². The van der Waals surface area contributed by atoms with Crippen LogP contribution >= 0.6 is 0 Å². The Bertz CT molecular complexity index is 293. The van der Waals surface area contributed by atoms with E-state index < -0.39 is 0 Å². The number of hydrogen-bond donors (Lipinski definition) is 0. The maximum Gasteiger partial charge on any atom is 0.319 e. The van der Waals surface area contributed by atoms with Crippen LogP contribution in [0.2, 0.25) is 0 Å². The van der Waals surface area contributed by atoms with Gasteiger partial charge in [-0.05, 0) is 13.8 Å². The Labute approximate surface area is 103 Å². The molecule has 0 N–H and O–H groups in total. The molecule has 2 rings (SSSR count). The third-order valence-corrected chi connectivity index (χ3v) is 3.66. The average molecular weight is 241 g/mol. The van der Waals surface area contributed by atoms with Gasteiger partial charge in [0.2, 0.25) is 0 Å². The monoisotopic (exact) mass is 241 g/mol. The van der Waals surface area contributed by atoms with Crippen molar-refractivity contribution >= 4 is 6.03 Å². The Morgan fingerprint density at radius 1 is 1.35 bits per heavy atom. The maximum atomic E-state index is 11.9. The Morgan fingerprint density at radius 3 is 2.65 bits per heavy atom. The topological polar surface area (TPSA) is 36.0 Å². The summed E-state index contributed by atoms with van der Waals surface area (Å²) in [5, 5.41) is 0. The minimum absolute atomic E-state index is 0.0895. The van der Waals surface area contributed by atoms with E-state index in [-0.39, 0.29) is 12.1 Å². The van der Waals surface area contributed by atoms with E-state index in [0.717, 1.165) is 26.2 Å². The molecule has 2 amide bonds. The number of carbonyl (C=O) groups is 1.